The average Bonchev–Trinajstić information content (AvgIpc) is 3.21. The number of hydrogen-bond donors (Lipinski definition) is 4. The molecule has 1 atom stereocenters. The fourth-order valence-electron chi connectivity index (χ4n) is 4.30. The summed E-state index contributed by atoms with van der Waals surface area (Å²) in [4.78, 5) is 9.02. The summed E-state index contributed by atoms with van der Waals surface area (Å²) < 4.78 is 1.57. The zero-order valence-corrected chi connectivity index (χ0v) is 18.2. The van der Waals surface area contributed by atoms with Crippen LogP contribution < -0.4 is 9.80 Å². The molecule has 156 valence electrons. The van der Waals surface area contributed by atoms with E-state index >= 15 is 0 Å². The number of nitrogens with zero attached hydrogens (tertiary/aromatic N) is 3. The Labute approximate surface area is 175 Å². The van der Waals surface area contributed by atoms with Gasteiger partial charge < -0.3 is 20.0 Å². The number of aliphatic hydroxyl groups is 1. The Bertz CT molecular complexity index is 958. The minimum absolute atomic E-state index is 0.0562. The van der Waals surface area contributed by atoms with E-state index in [-0.39, 0.29) is 18.5 Å². The van der Waals surface area contributed by atoms with Gasteiger partial charge in [-0.3, -0.25) is 0 Å². The van der Waals surface area contributed by atoms with Crippen molar-refractivity contribution in [3.8, 4) is 5.88 Å². The summed E-state index contributed by atoms with van der Waals surface area (Å²) in [6, 6.07) is 8.89. The fraction of sp³-hybridized carbons (Fsp3) is 0.524. The molecule has 7 nitrogen and oxygen atoms in total. The zero-order chi connectivity index (χ0) is 20.5. The van der Waals surface area contributed by atoms with E-state index in [0.717, 1.165) is 42.6 Å². The minimum atomic E-state index is 0.0562. The molecule has 3 aromatic rings. The van der Waals surface area contributed by atoms with Crippen molar-refractivity contribution >= 4 is 16.3 Å². The molecule has 1 aromatic carbocycles. The van der Waals surface area contributed by atoms with Gasteiger partial charge in [0.1, 0.15) is 43.4 Å². The molecule has 3 heterocycles. The summed E-state index contributed by atoms with van der Waals surface area (Å²) >= 11 is 1.53. The maximum absolute atomic E-state index is 11.0. The maximum atomic E-state index is 11.0. The van der Waals surface area contributed by atoms with Crippen molar-refractivity contribution in [2.24, 2.45) is 0 Å². The number of benzene rings is 1. The number of rotatable bonds is 6. The van der Waals surface area contributed by atoms with Crippen LogP contribution in [0.15, 0.2) is 24.3 Å². The second-order valence-corrected chi connectivity index (χ2v) is 9.29. The van der Waals surface area contributed by atoms with Crippen LogP contribution in [0.2, 0.25) is 0 Å². The highest BCUT2D eigenvalue weighted by molar-refractivity contribution is 7.17. The summed E-state index contributed by atoms with van der Waals surface area (Å²) in [5.74, 6) is 1.37. The van der Waals surface area contributed by atoms with Crippen molar-refractivity contribution in [1.29, 1.82) is 0 Å². The van der Waals surface area contributed by atoms with E-state index < -0.39 is 0 Å². The number of thiazole rings is 1. The summed E-state index contributed by atoms with van der Waals surface area (Å²) in [6.45, 7) is 11.3. The predicted octanol–water partition coefficient (Wildman–Crippen LogP) is -0.207. The SMILES string of the molecule is Cc1nc2sc([C@H](c3ccc(C(C)C)cc3)[NH+]3CC[NH+](CCO)CC3)c(O)n2n1. The highest BCUT2D eigenvalue weighted by Crippen LogP contribution is 2.35. The molecule has 0 bridgehead atoms. The average molecular weight is 418 g/mol. The van der Waals surface area contributed by atoms with E-state index in [0.29, 0.717) is 11.7 Å². The number of aromatic nitrogens is 3. The van der Waals surface area contributed by atoms with Crippen LogP contribution in [-0.4, -0.2) is 64.1 Å². The Balaban J connectivity index is 1.70. The Morgan fingerprint density at radius 2 is 1.76 bits per heavy atom. The number of nitrogens with one attached hydrogen (secondary N) is 2. The van der Waals surface area contributed by atoms with Gasteiger partial charge in [0.05, 0.1) is 6.61 Å². The first-order chi connectivity index (χ1) is 14.0. The Hall–Kier alpha value is -2.00. The van der Waals surface area contributed by atoms with E-state index in [4.69, 9.17) is 0 Å². The highest BCUT2D eigenvalue weighted by Gasteiger charge is 2.36. The van der Waals surface area contributed by atoms with E-state index in [1.54, 1.807) is 4.52 Å². The lowest BCUT2D eigenvalue weighted by Gasteiger charge is -2.34. The molecule has 1 aliphatic rings. The van der Waals surface area contributed by atoms with Gasteiger partial charge in [-0.1, -0.05) is 49.4 Å². The van der Waals surface area contributed by atoms with Crippen LogP contribution in [-0.2, 0) is 0 Å². The van der Waals surface area contributed by atoms with E-state index in [2.05, 4.69) is 48.2 Å². The molecule has 2 aromatic heterocycles. The van der Waals surface area contributed by atoms with Gasteiger partial charge in [-0.2, -0.15) is 4.52 Å². The molecule has 0 amide bonds. The number of aryl methyl sites for hydroxylation is 1. The zero-order valence-electron chi connectivity index (χ0n) is 17.4. The monoisotopic (exact) mass is 417 g/mol. The second kappa shape index (κ2) is 8.39. The predicted molar refractivity (Wildman–Crippen MR) is 113 cm³/mol. The van der Waals surface area contributed by atoms with Gasteiger partial charge >= 0.3 is 0 Å². The molecule has 0 unspecified atom stereocenters. The van der Waals surface area contributed by atoms with Crippen LogP contribution in [0.5, 0.6) is 5.88 Å². The Kier molecular flexibility index (Phi) is 5.87. The Morgan fingerprint density at radius 3 is 2.34 bits per heavy atom. The van der Waals surface area contributed by atoms with Crippen LogP contribution in [0.1, 0.15) is 47.6 Å². The van der Waals surface area contributed by atoms with Gasteiger partial charge in [0.2, 0.25) is 10.8 Å². The van der Waals surface area contributed by atoms with Gasteiger partial charge in [-0.25, -0.2) is 4.98 Å². The lowest BCUT2D eigenvalue weighted by Crippen LogP contribution is -3.28. The maximum Gasteiger partial charge on any atom is 0.235 e. The van der Waals surface area contributed by atoms with Crippen molar-refractivity contribution in [3.05, 3.63) is 46.1 Å². The molecule has 0 radical (unpaired) electrons. The summed E-state index contributed by atoms with van der Waals surface area (Å²) in [5, 5.41) is 24.6. The summed E-state index contributed by atoms with van der Waals surface area (Å²) in [5.41, 5.74) is 2.54. The number of quaternary nitrogens is 2. The Morgan fingerprint density at radius 1 is 1.10 bits per heavy atom. The first-order valence-corrected chi connectivity index (χ1v) is 11.2. The van der Waals surface area contributed by atoms with Crippen LogP contribution >= 0.6 is 11.3 Å². The molecule has 0 aliphatic carbocycles. The largest absolute Gasteiger partial charge is 0.492 e. The quantitative estimate of drug-likeness (QED) is 0.448. The standard InChI is InChI=1S/C21H29N5O2S/c1-14(2)16-4-6-17(7-5-16)18(25-10-8-24(9-11-25)12-13-27)19-20(28)26-21(29-19)22-15(3)23-26/h4-7,14,18,27-28H,8-13H2,1-3H3/p+2/t18-/m0/s1. The molecule has 4 rings (SSSR count). The highest BCUT2D eigenvalue weighted by atomic mass is 32.1. The van der Waals surface area contributed by atoms with Crippen molar-refractivity contribution in [1.82, 2.24) is 14.6 Å². The lowest BCUT2D eigenvalue weighted by atomic mass is 9.97. The van der Waals surface area contributed by atoms with Crippen molar-refractivity contribution in [2.75, 3.05) is 39.3 Å². The number of piperazine rings is 1. The molecule has 1 aliphatic heterocycles. The molecule has 0 saturated carbocycles. The third-order valence-corrected chi connectivity index (χ3v) is 7.06. The fourth-order valence-corrected chi connectivity index (χ4v) is 5.49. The van der Waals surface area contributed by atoms with Gasteiger partial charge in [0.15, 0.2) is 6.04 Å². The van der Waals surface area contributed by atoms with E-state index in [1.165, 1.54) is 32.3 Å². The van der Waals surface area contributed by atoms with E-state index in [1.807, 2.05) is 6.92 Å². The number of hydrogen-bond acceptors (Lipinski definition) is 5. The first kappa shape index (κ1) is 20.3. The second-order valence-electron chi connectivity index (χ2n) is 8.28. The molecule has 1 saturated heterocycles. The summed E-state index contributed by atoms with van der Waals surface area (Å²) in [7, 11) is 0. The van der Waals surface area contributed by atoms with Crippen LogP contribution in [0.25, 0.3) is 4.96 Å². The third kappa shape index (κ3) is 4.02. The number of fused-ring (bicyclic) bond motifs is 1. The van der Waals surface area contributed by atoms with Crippen molar-refractivity contribution in [2.45, 2.75) is 32.7 Å². The number of aromatic hydroxyl groups is 1. The van der Waals surface area contributed by atoms with Gasteiger partial charge in [-0.15, -0.1) is 5.10 Å². The summed E-state index contributed by atoms with van der Waals surface area (Å²) in [6.07, 6.45) is 0. The van der Waals surface area contributed by atoms with Crippen LogP contribution in [0, 0.1) is 6.92 Å². The smallest absolute Gasteiger partial charge is 0.235 e. The molecule has 0 spiro atoms. The van der Waals surface area contributed by atoms with Crippen LogP contribution in [0.3, 0.4) is 0 Å². The topological polar surface area (TPSA) is 79.5 Å². The molecule has 4 N–H and O–H groups in total. The normalized spacial score (nSPS) is 21.1. The van der Waals surface area contributed by atoms with E-state index in [9.17, 15) is 10.2 Å². The number of aliphatic hydroxyl groups excluding tert-OH is 1. The molecular weight excluding hydrogens is 386 g/mol. The molecule has 1 fully saturated rings. The van der Waals surface area contributed by atoms with Gasteiger partial charge in [-0.05, 0) is 18.4 Å². The third-order valence-electron chi connectivity index (χ3n) is 5.98. The molecule has 29 heavy (non-hydrogen) atoms. The molecule has 8 heteroatoms. The van der Waals surface area contributed by atoms with Crippen molar-refractivity contribution in [3.63, 3.8) is 0 Å². The molecular formula is C21H31N5O2S+2. The van der Waals surface area contributed by atoms with Crippen molar-refractivity contribution < 1.29 is 20.0 Å². The van der Waals surface area contributed by atoms with Crippen LogP contribution in [0.4, 0.5) is 0 Å². The lowest BCUT2D eigenvalue weighted by molar-refractivity contribution is -1.02. The first-order valence-electron chi connectivity index (χ1n) is 10.4. The minimum Gasteiger partial charge on any atom is -0.492 e. The van der Waals surface area contributed by atoms with Gasteiger partial charge in [0.25, 0.3) is 0 Å². The van der Waals surface area contributed by atoms with Gasteiger partial charge in [0, 0.05) is 5.56 Å².